The van der Waals surface area contributed by atoms with Gasteiger partial charge in [0.05, 0.1) is 5.39 Å². The highest BCUT2D eigenvalue weighted by molar-refractivity contribution is 7.18. The third-order valence-electron chi connectivity index (χ3n) is 4.13. The Bertz CT molecular complexity index is 971. The van der Waals surface area contributed by atoms with Crippen molar-refractivity contribution in [2.24, 2.45) is 0 Å². The van der Waals surface area contributed by atoms with E-state index >= 15 is 0 Å². The van der Waals surface area contributed by atoms with E-state index in [4.69, 9.17) is 10.1 Å². The summed E-state index contributed by atoms with van der Waals surface area (Å²) in [6.45, 7) is 4.40. The Hall–Kier alpha value is -2.47. The number of nitrogens with zero attached hydrogens (tertiary/aromatic N) is 2. The van der Waals surface area contributed by atoms with Gasteiger partial charge in [0.2, 0.25) is 0 Å². The van der Waals surface area contributed by atoms with Gasteiger partial charge in [0.25, 0.3) is 5.56 Å². The average Bonchev–Trinajstić information content (AvgIpc) is 3.01. The van der Waals surface area contributed by atoms with Gasteiger partial charge in [-0.2, -0.15) is 0 Å². The zero-order valence-corrected chi connectivity index (χ0v) is 15.1. The molecule has 2 aromatic heterocycles. The number of hydrogen-bond donors (Lipinski definition) is 1. The van der Waals surface area contributed by atoms with Crippen LogP contribution < -0.4 is 5.56 Å². The molecular weight excluding hydrogens is 336 g/mol. The van der Waals surface area contributed by atoms with Crippen LogP contribution in [0.15, 0.2) is 35.1 Å². The first-order chi connectivity index (χ1) is 12.0. The van der Waals surface area contributed by atoms with Gasteiger partial charge in [-0.25, -0.2) is 4.98 Å². The molecule has 2 heterocycles. The molecule has 25 heavy (non-hydrogen) atoms. The first-order valence-electron chi connectivity index (χ1n) is 8.31. The van der Waals surface area contributed by atoms with Gasteiger partial charge in [-0.1, -0.05) is 36.8 Å². The third kappa shape index (κ3) is 3.64. The van der Waals surface area contributed by atoms with Gasteiger partial charge in [-0.3, -0.25) is 14.2 Å². The molecule has 1 N–H and O–H groups in total. The number of aromatic nitrogens is 2. The summed E-state index contributed by atoms with van der Waals surface area (Å²) in [5.41, 5.74) is 1.90. The molecule has 0 atom stereocenters. The van der Waals surface area contributed by atoms with Crippen LogP contribution in [0.25, 0.3) is 21.6 Å². The predicted octanol–water partition coefficient (Wildman–Crippen LogP) is 3.86. The maximum atomic E-state index is 13.0. The first-order valence-corrected chi connectivity index (χ1v) is 9.13. The summed E-state index contributed by atoms with van der Waals surface area (Å²) in [5.74, 6) is -0.254. The monoisotopic (exact) mass is 356 g/mol. The highest BCUT2D eigenvalue weighted by Gasteiger charge is 2.15. The molecule has 3 aromatic rings. The van der Waals surface area contributed by atoms with Crippen molar-refractivity contribution in [2.45, 2.75) is 39.7 Å². The molecule has 0 saturated heterocycles. The van der Waals surface area contributed by atoms with Crippen molar-refractivity contribution in [1.29, 1.82) is 0 Å². The number of benzene rings is 1. The van der Waals surface area contributed by atoms with E-state index in [2.05, 4.69) is 6.92 Å². The number of carboxylic acids is 1. The third-order valence-corrected chi connectivity index (χ3v) is 5.31. The van der Waals surface area contributed by atoms with Crippen LogP contribution >= 0.6 is 11.3 Å². The Balaban J connectivity index is 2.15. The highest BCUT2D eigenvalue weighted by Crippen LogP contribution is 2.26. The van der Waals surface area contributed by atoms with Gasteiger partial charge in [0, 0.05) is 23.4 Å². The quantitative estimate of drug-likeness (QED) is 0.728. The minimum Gasteiger partial charge on any atom is -0.481 e. The number of rotatable bonds is 6. The summed E-state index contributed by atoms with van der Waals surface area (Å²) < 4.78 is 1.61. The van der Waals surface area contributed by atoms with E-state index in [1.54, 1.807) is 15.9 Å². The van der Waals surface area contributed by atoms with Crippen molar-refractivity contribution in [3.05, 3.63) is 51.1 Å². The summed E-state index contributed by atoms with van der Waals surface area (Å²) in [6.07, 6.45) is 1.28. The molecule has 0 unspecified atom stereocenters. The van der Waals surface area contributed by atoms with Crippen molar-refractivity contribution < 1.29 is 9.90 Å². The van der Waals surface area contributed by atoms with E-state index in [1.165, 1.54) is 0 Å². The molecule has 6 heteroatoms. The average molecular weight is 356 g/mol. The lowest BCUT2D eigenvalue weighted by atomic mass is 10.1. The molecule has 0 aliphatic heterocycles. The highest BCUT2D eigenvalue weighted by atomic mass is 32.1. The molecule has 130 valence electrons. The first kappa shape index (κ1) is 17.4. The standard InChI is InChI=1S/C19H20N2O3S/c1-3-14-11-15-18(25-14)20-17(13-8-6-12(2)7-9-13)21(19(15)24)10-4-5-16(22)23/h6-9,11H,3-5,10H2,1-2H3,(H,22,23). The number of hydrogen-bond acceptors (Lipinski definition) is 4. The van der Waals surface area contributed by atoms with E-state index in [0.29, 0.717) is 24.2 Å². The summed E-state index contributed by atoms with van der Waals surface area (Å²) >= 11 is 1.54. The van der Waals surface area contributed by atoms with Gasteiger partial charge in [0.1, 0.15) is 10.7 Å². The minimum absolute atomic E-state index is 0.0294. The molecular formula is C19H20N2O3S. The molecule has 0 fully saturated rings. The SMILES string of the molecule is CCc1cc2c(=O)n(CCCC(=O)O)c(-c3ccc(C)cc3)nc2s1. The van der Waals surface area contributed by atoms with Gasteiger partial charge in [-0.15, -0.1) is 11.3 Å². The lowest BCUT2D eigenvalue weighted by Crippen LogP contribution is -2.23. The van der Waals surface area contributed by atoms with Crippen LogP contribution in [0.4, 0.5) is 0 Å². The van der Waals surface area contributed by atoms with Crippen molar-refractivity contribution in [2.75, 3.05) is 0 Å². The van der Waals surface area contributed by atoms with Gasteiger partial charge in [0.15, 0.2) is 0 Å². The Morgan fingerprint density at radius 2 is 2.00 bits per heavy atom. The van der Waals surface area contributed by atoms with Gasteiger partial charge < -0.3 is 5.11 Å². The second-order valence-corrected chi connectivity index (χ2v) is 7.16. The number of thiophene rings is 1. The van der Waals surface area contributed by atoms with Crippen LogP contribution in [0.3, 0.4) is 0 Å². The van der Waals surface area contributed by atoms with E-state index < -0.39 is 5.97 Å². The fourth-order valence-corrected chi connectivity index (χ4v) is 3.72. The fourth-order valence-electron chi connectivity index (χ4n) is 2.76. The Labute approximate surface area is 149 Å². The largest absolute Gasteiger partial charge is 0.481 e. The smallest absolute Gasteiger partial charge is 0.303 e. The summed E-state index contributed by atoms with van der Waals surface area (Å²) in [7, 11) is 0. The molecule has 3 rings (SSSR count). The van der Waals surface area contributed by atoms with E-state index in [9.17, 15) is 9.59 Å². The second-order valence-electron chi connectivity index (χ2n) is 6.04. The van der Waals surface area contributed by atoms with Crippen molar-refractivity contribution in [3.8, 4) is 11.4 Å². The van der Waals surface area contributed by atoms with Crippen molar-refractivity contribution in [3.63, 3.8) is 0 Å². The number of carbonyl (C=O) groups is 1. The van der Waals surface area contributed by atoms with Gasteiger partial charge in [-0.05, 0) is 25.8 Å². The van der Waals surface area contributed by atoms with Crippen LogP contribution in [-0.2, 0) is 17.8 Å². The molecule has 1 aromatic carbocycles. The van der Waals surface area contributed by atoms with Crippen molar-refractivity contribution >= 4 is 27.5 Å². The maximum Gasteiger partial charge on any atom is 0.303 e. The lowest BCUT2D eigenvalue weighted by Gasteiger charge is -2.12. The zero-order valence-electron chi connectivity index (χ0n) is 14.3. The number of aryl methyl sites for hydroxylation is 2. The number of fused-ring (bicyclic) bond motifs is 1. The summed E-state index contributed by atoms with van der Waals surface area (Å²) in [6, 6.07) is 9.77. The molecule has 0 aliphatic carbocycles. The van der Waals surface area contributed by atoms with Crippen LogP contribution in [-0.4, -0.2) is 20.6 Å². The topological polar surface area (TPSA) is 72.2 Å². The molecule has 0 bridgehead atoms. The Kier molecular flexibility index (Phi) is 4.99. The number of carboxylic acid groups (broad SMARTS) is 1. The summed E-state index contributed by atoms with van der Waals surface area (Å²) in [4.78, 5) is 30.4. The Morgan fingerprint density at radius 1 is 1.28 bits per heavy atom. The molecule has 5 nitrogen and oxygen atoms in total. The Morgan fingerprint density at radius 3 is 2.64 bits per heavy atom. The van der Waals surface area contributed by atoms with Crippen LogP contribution in [0.1, 0.15) is 30.2 Å². The lowest BCUT2D eigenvalue weighted by molar-refractivity contribution is -0.137. The fraction of sp³-hybridized carbons (Fsp3) is 0.316. The van der Waals surface area contributed by atoms with E-state index in [-0.39, 0.29) is 12.0 Å². The van der Waals surface area contributed by atoms with Crippen molar-refractivity contribution in [1.82, 2.24) is 9.55 Å². The predicted molar refractivity (Wildman–Crippen MR) is 100 cm³/mol. The van der Waals surface area contributed by atoms with E-state index in [0.717, 1.165) is 27.3 Å². The van der Waals surface area contributed by atoms with Crippen LogP contribution in [0.5, 0.6) is 0 Å². The molecule has 0 aliphatic rings. The van der Waals surface area contributed by atoms with Crippen LogP contribution in [0.2, 0.25) is 0 Å². The zero-order chi connectivity index (χ0) is 18.0. The molecule has 0 saturated carbocycles. The molecule has 0 spiro atoms. The number of aliphatic carboxylic acids is 1. The normalized spacial score (nSPS) is 11.1. The maximum absolute atomic E-state index is 13.0. The second kappa shape index (κ2) is 7.19. The van der Waals surface area contributed by atoms with Gasteiger partial charge >= 0.3 is 5.97 Å². The molecule has 0 amide bonds. The summed E-state index contributed by atoms with van der Waals surface area (Å²) in [5, 5.41) is 9.50. The van der Waals surface area contributed by atoms with E-state index in [1.807, 2.05) is 37.3 Å². The minimum atomic E-state index is -0.859. The van der Waals surface area contributed by atoms with Crippen LogP contribution in [0, 0.1) is 6.92 Å². The molecule has 0 radical (unpaired) electrons.